The molecular weight excluding hydrogens is 182 g/mol. The maximum Gasteiger partial charge on any atom is 0.275 e. The minimum atomic E-state index is -1.00. The van der Waals surface area contributed by atoms with E-state index in [1.54, 1.807) is 25.2 Å². The van der Waals surface area contributed by atoms with Crippen molar-refractivity contribution in [3.63, 3.8) is 0 Å². The van der Waals surface area contributed by atoms with E-state index < -0.39 is 6.10 Å². The summed E-state index contributed by atoms with van der Waals surface area (Å²) >= 11 is 0. The summed E-state index contributed by atoms with van der Waals surface area (Å²) < 4.78 is 5.20. The van der Waals surface area contributed by atoms with Crippen molar-refractivity contribution in [2.75, 3.05) is 11.9 Å². The van der Waals surface area contributed by atoms with Crippen molar-refractivity contribution in [2.24, 2.45) is 0 Å². The quantitative estimate of drug-likeness (QED) is 0.482. The highest BCUT2D eigenvalue weighted by molar-refractivity contribution is 6.07. The normalized spacial score (nSPS) is 19.9. The van der Waals surface area contributed by atoms with Crippen molar-refractivity contribution in [2.45, 2.75) is 6.10 Å². The number of rotatable bonds is 1. The second-order valence-corrected chi connectivity index (χ2v) is 3.04. The third-order valence-corrected chi connectivity index (χ3v) is 2.18. The molecule has 72 valence electrons. The van der Waals surface area contributed by atoms with E-state index in [0.717, 1.165) is 0 Å². The highest BCUT2D eigenvalue weighted by atomic mass is 16.5. The average molecular weight is 191 g/mol. The predicted octanol–water partition coefficient (Wildman–Crippen LogP) is 0.609. The highest BCUT2D eigenvalue weighted by Gasteiger charge is 2.31. The van der Waals surface area contributed by atoms with Crippen LogP contribution in [0.25, 0.3) is 0 Å². The third kappa shape index (κ3) is 1.16. The van der Waals surface area contributed by atoms with Crippen LogP contribution in [0, 0.1) is 0 Å². The van der Waals surface area contributed by atoms with Gasteiger partial charge >= 0.3 is 0 Å². The van der Waals surface area contributed by atoms with Gasteiger partial charge in [-0.25, -0.2) is 0 Å². The molecule has 1 amide bonds. The molecule has 1 unspecified atom stereocenters. The lowest BCUT2D eigenvalue weighted by Crippen LogP contribution is -2.44. The van der Waals surface area contributed by atoms with Gasteiger partial charge in [-0.2, -0.15) is 0 Å². The average Bonchev–Trinajstić information content (AvgIpc) is 2.23. The molecule has 0 saturated heterocycles. The lowest BCUT2D eigenvalue weighted by Gasteiger charge is -2.29. The molecule has 4 nitrogen and oxygen atoms in total. The molecule has 1 heterocycles. The molecule has 1 aliphatic heterocycles. The van der Waals surface area contributed by atoms with E-state index in [-0.39, 0.29) is 5.91 Å². The first kappa shape index (κ1) is 8.74. The smallest absolute Gasteiger partial charge is 0.275 e. The van der Waals surface area contributed by atoms with Crippen LogP contribution in [0.2, 0.25) is 0 Å². The van der Waals surface area contributed by atoms with E-state index >= 15 is 0 Å². The van der Waals surface area contributed by atoms with Crippen LogP contribution in [0.4, 0.5) is 5.69 Å². The van der Waals surface area contributed by atoms with Crippen LogP contribution >= 0.6 is 0 Å². The van der Waals surface area contributed by atoms with Gasteiger partial charge in [-0.3, -0.25) is 9.59 Å². The topological polar surface area (TPSA) is 46.6 Å². The molecule has 0 N–H and O–H groups in total. The Hall–Kier alpha value is -1.84. The lowest BCUT2D eigenvalue weighted by atomic mass is 10.2. The van der Waals surface area contributed by atoms with Crippen LogP contribution in [-0.2, 0) is 9.59 Å². The Morgan fingerprint density at radius 3 is 2.86 bits per heavy atom. The summed E-state index contributed by atoms with van der Waals surface area (Å²) in [7, 11) is 1.63. The fourth-order valence-corrected chi connectivity index (χ4v) is 1.42. The fourth-order valence-electron chi connectivity index (χ4n) is 1.42. The Labute approximate surface area is 81.1 Å². The van der Waals surface area contributed by atoms with E-state index in [0.29, 0.717) is 17.7 Å². The first-order valence-corrected chi connectivity index (χ1v) is 4.22. The van der Waals surface area contributed by atoms with Crippen molar-refractivity contribution < 1.29 is 14.3 Å². The van der Waals surface area contributed by atoms with E-state index in [1.165, 1.54) is 4.90 Å². The summed E-state index contributed by atoms with van der Waals surface area (Å²) in [4.78, 5) is 23.5. The molecule has 1 atom stereocenters. The molecule has 0 saturated carbocycles. The van der Waals surface area contributed by atoms with Gasteiger partial charge in [-0.1, -0.05) is 12.1 Å². The SMILES string of the molecule is CN1C(=O)C(C=O)Oc2ccccc21. The molecule has 14 heavy (non-hydrogen) atoms. The van der Waals surface area contributed by atoms with Crippen molar-refractivity contribution in [1.82, 2.24) is 0 Å². The molecule has 0 fully saturated rings. The number of ether oxygens (including phenoxy) is 1. The minimum Gasteiger partial charge on any atom is -0.471 e. The van der Waals surface area contributed by atoms with Gasteiger partial charge in [0.15, 0.2) is 6.29 Å². The number of carbonyl (C=O) groups excluding carboxylic acids is 2. The Morgan fingerprint density at radius 2 is 2.14 bits per heavy atom. The number of hydrogen-bond donors (Lipinski definition) is 0. The van der Waals surface area contributed by atoms with Gasteiger partial charge in [0.2, 0.25) is 6.10 Å². The molecule has 2 rings (SSSR count). The van der Waals surface area contributed by atoms with Gasteiger partial charge in [0.05, 0.1) is 5.69 Å². The van der Waals surface area contributed by atoms with Gasteiger partial charge < -0.3 is 9.64 Å². The highest BCUT2D eigenvalue weighted by Crippen LogP contribution is 2.31. The van der Waals surface area contributed by atoms with E-state index in [4.69, 9.17) is 4.74 Å². The van der Waals surface area contributed by atoms with E-state index in [1.807, 2.05) is 6.07 Å². The van der Waals surface area contributed by atoms with Crippen LogP contribution < -0.4 is 9.64 Å². The van der Waals surface area contributed by atoms with Crippen LogP contribution in [-0.4, -0.2) is 25.3 Å². The molecule has 0 aromatic heterocycles. The zero-order valence-electron chi connectivity index (χ0n) is 7.64. The third-order valence-electron chi connectivity index (χ3n) is 2.18. The standard InChI is InChI=1S/C10H9NO3/c1-11-7-4-2-3-5-8(7)14-9(6-12)10(11)13/h2-6,9H,1H3. The van der Waals surface area contributed by atoms with Crippen LogP contribution in [0.5, 0.6) is 5.75 Å². The summed E-state index contributed by atoms with van der Waals surface area (Å²) in [5, 5.41) is 0. The summed E-state index contributed by atoms with van der Waals surface area (Å²) in [6, 6.07) is 7.11. The predicted molar refractivity (Wildman–Crippen MR) is 50.3 cm³/mol. The Balaban J connectivity index is 2.47. The van der Waals surface area contributed by atoms with Crippen molar-refractivity contribution in [1.29, 1.82) is 0 Å². The van der Waals surface area contributed by atoms with Crippen LogP contribution in [0.15, 0.2) is 24.3 Å². The molecule has 1 aromatic carbocycles. The lowest BCUT2D eigenvalue weighted by molar-refractivity contribution is -0.131. The number of fused-ring (bicyclic) bond motifs is 1. The summed E-state index contributed by atoms with van der Waals surface area (Å²) in [5.41, 5.74) is 0.690. The summed E-state index contributed by atoms with van der Waals surface area (Å²) in [6.45, 7) is 0. The molecule has 0 aliphatic carbocycles. The Bertz CT molecular complexity index is 389. The Morgan fingerprint density at radius 1 is 1.43 bits per heavy atom. The van der Waals surface area contributed by atoms with Crippen LogP contribution in [0.3, 0.4) is 0 Å². The maximum atomic E-state index is 11.5. The number of carbonyl (C=O) groups is 2. The van der Waals surface area contributed by atoms with Crippen molar-refractivity contribution in [3.8, 4) is 5.75 Å². The van der Waals surface area contributed by atoms with Gasteiger partial charge in [-0.05, 0) is 12.1 Å². The van der Waals surface area contributed by atoms with Gasteiger partial charge in [0, 0.05) is 7.05 Å². The van der Waals surface area contributed by atoms with Crippen LogP contribution in [0.1, 0.15) is 0 Å². The monoisotopic (exact) mass is 191 g/mol. The first-order chi connectivity index (χ1) is 6.74. The number of para-hydroxylation sites is 2. The fraction of sp³-hybridized carbons (Fsp3) is 0.200. The van der Waals surface area contributed by atoms with Gasteiger partial charge in [0.1, 0.15) is 5.75 Å². The van der Waals surface area contributed by atoms with Crippen molar-refractivity contribution in [3.05, 3.63) is 24.3 Å². The number of anilines is 1. The molecule has 0 spiro atoms. The second kappa shape index (κ2) is 3.14. The number of nitrogens with zero attached hydrogens (tertiary/aromatic N) is 1. The number of likely N-dealkylation sites (N-methyl/N-ethyl adjacent to an activating group) is 1. The van der Waals surface area contributed by atoms with E-state index in [2.05, 4.69) is 0 Å². The molecule has 0 radical (unpaired) electrons. The van der Waals surface area contributed by atoms with Crippen molar-refractivity contribution >= 4 is 17.9 Å². The molecule has 0 bridgehead atoms. The second-order valence-electron chi connectivity index (χ2n) is 3.04. The first-order valence-electron chi connectivity index (χ1n) is 4.22. The molecule has 1 aliphatic rings. The largest absolute Gasteiger partial charge is 0.471 e. The molecule has 1 aromatic rings. The Kier molecular flexibility index (Phi) is 1.96. The number of amides is 1. The number of aldehydes is 1. The zero-order chi connectivity index (χ0) is 10.1. The minimum absolute atomic E-state index is 0.335. The number of hydrogen-bond acceptors (Lipinski definition) is 3. The summed E-state index contributed by atoms with van der Waals surface area (Å²) in [6.07, 6.45) is -0.496. The maximum absolute atomic E-state index is 11.5. The van der Waals surface area contributed by atoms with Gasteiger partial charge in [-0.15, -0.1) is 0 Å². The number of benzene rings is 1. The van der Waals surface area contributed by atoms with E-state index in [9.17, 15) is 9.59 Å². The van der Waals surface area contributed by atoms with Gasteiger partial charge in [0.25, 0.3) is 5.91 Å². The molecular formula is C10H9NO3. The molecule has 4 heteroatoms. The summed E-state index contributed by atoms with van der Waals surface area (Å²) in [5.74, 6) is 0.227. The zero-order valence-corrected chi connectivity index (χ0v) is 7.64.